The predicted octanol–water partition coefficient (Wildman–Crippen LogP) is 5.07. The van der Waals surface area contributed by atoms with E-state index in [0.717, 1.165) is 6.04 Å². The van der Waals surface area contributed by atoms with Crippen LogP contribution in [-0.4, -0.2) is 13.1 Å². The Kier molecular flexibility index (Phi) is 13.5. The fourth-order valence-corrected chi connectivity index (χ4v) is 2.11. The van der Waals surface area contributed by atoms with Crippen LogP contribution in [0.3, 0.4) is 0 Å². The molecule has 1 nitrogen and oxygen atoms in total. The van der Waals surface area contributed by atoms with Crippen molar-refractivity contribution < 1.29 is 0 Å². The first-order valence-electron chi connectivity index (χ1n) is 7.67. The minimum absolute atomic E-state index is 0.722. The van der Waals surface area contributed by atoms with E-state index in [1.54, 1.807) is 0 Å². The van der Waals surface area contributed by atoms with Gasteiger partial charge in [0.1, 0.15) is 0 Å². The van der Waals surface area contributed by atoms with E-state index in [9.17, 15) is 0 Å². The van der Waals surface area contributed by atoms with Gasteiger partial charge in [-0.2, -0.15) is 0 Å². The molecule has 0 aromatic carbocycles. The Labute approximate surface area is 109 Å². The summed E-state index contributed by atoms with van der Waals surface area (Å²) in [5.41, 5.74) is 0. The van der Waals surface area contributed by atoms with E-state index in [4.69, 9.17) is 0 Å². The lowest BCUT2D eigenvalue weighted by atomic mass is 10.0. The number of hydrogen-bond donors (Lipinski definition) is 1. The molecule has 0 aromatic heterocycles. The van der Waals surface area contributed by atoms with Crippen molar-refractivity contribution in [2.24, 2.45) is 0 Å². The molecule has 1 atom stereocenters. The molecular weight excluding hydrogens is 206 g/mol. The molecule has 0 aliphatic carbocycles. The second-order valence-corrected chi connectivity index (χ2v) is 5.03. The quantitative estimate of drug-likeness (QED) is 0.370. The van der Waals surface area contributed by atoms with Crippen molar-refractivity contribution >= 4 is 0 Å². The standard InChI is InChI=1S/C16H33N/c1-4-6-8-9-10-11-12-13-15-16(17-3)14-7-5-2/h11-12,16-17H,4-10,13-15H2,1-3H3/b12-11+. The average Bonchev–Trinajstić information content (AvgIpc) is 2.36. The van der Waals surface area contributed by atoms with E-state index in [0.29, 0.717) is 0 Å². The fraction of sp³-hybridized carbons (Fsp3) is 0.875. The third kappa shape index (κ3) is 12.0. The fourth-order valence-electron chi connectivity index (χ4n) is 2.11. The zero-order valence-electron chi connectivity index (χ0n) is 12.3. The monoisotopic (exact) mass is 239 g/mol. The van der Waals surface area contributed by atoms with E-state index in [1.807, 2.05) is 0 Å². The first-order chi connectivity index (χ1) is 8.35. The van der Waals surface area contributed by atoms with Crippen molar-refractivity contribution in [1.82, 2.24) is 5.32 Å². The lowest BCUT2D eigenvalue weighted by Crippen LogP contribution is -2.24. The van der Waals surface area contributed by atoms with Gasteiger partial charge in [0.15, 0.2) is 0 Å². The van der Waals surface area contributed by atoms with E-state index < -0.39 is 0 Å². The average molecular weight is 239 g/mol. The molecule has 1 N–H and O–H groups in total. The molecule has 0 radical (unpaired) electrons. The molecule has 0 saturated carbocycles. The van der Waals surface area contributed by atoms with Gasteiger partial charge in [0.05, 0.1) is 0 Å². The maximum atomic E-state index is 3.42. The minimum atomic E-state index is 0.722. The van der Waals surface area contributed by atoms with Gasteiger partial charge < -0.3 is 5.32 Å². The highest BCUT2D eigenvalue weighted by atomic mass is 14.9. The Bertz CT molecular complexity index is 163. The number of nitrogens with one attached hydrogen (secondary N) is 1. The highest BCUT2D eigenvalue weighted by molar-refractivity contribution is 4.83. The number of allylic oxidation sites excluding steroid dienone is 2. The summed E-state index contributed by atoms with van der Waals surface area (Å²) in [6, 6.07) is 0.722. The number of rotatable bonds is 12. The molecule has 0 bridgehead atoms. The van der Waals surface area contributed by atoms with Crippen LogP contribution in [0.4, 0.5) is 0 Å². The van der Waals surface area contributed by atoms with Crippen molar-refractivity contribution in [3.8, 4) is 0 Å². The van der Waals surface area contributed by atoms with Crippen molar-refractivity contribution in [2.75, 3.05) is 7.05 Å². The zero-order chi connectivity index (χ0) is 12.8. The normalized spacial score (nSPS) is 13.4. The molecule has 1 heteroatoms. The van der Waals surface area contributed by atoms with E-state index in [-0.39, 0.29) is 0 Å². The number of unbranched alkanes of at least 4 members (excludes halogenated alkanes) is 5. The summed E-state index contributed by atoms with van der Waals surface area (Å²) in [6.07, 6.45) is 18.1. The van der Waals surface area contributed by atoms with Crippen LogP contribution in [0, 0.1) is 0 Å². The zero-order valence-corrected chi connectivity index (χ0v) is 12.3. The summed E-state index contributed by atoms with van der Waals surface area (Å²) in [4.78, 5) is 0. The first-order valence-corrected chi connectivity index (χ1v) is 7.67. The first kappa shape index (κ1) is 16.7. The largest absolute Gasteiger partial charge is 0.317 e. The molecule has 102 valence electrons. The lowest BCUT2D eigenvalue weighted by molar-refractivity contribution is 0.474. The summed E-state index contributed by atoms with van der Waals surface area (Å²) in [5, 5.41) is 3.42. The Morgan fingerprint density at radius 1 is 0.824 bits per heavy atom. The molecule has 0 heterocycles. The Morgan fingerprint density at radius 3 is 2.18 bits per heavy atom. The van der Waals surface area contributed by atoms with Crippen LogP contribution in [-0.2, 0) is 0 Å². The summed E-state index contributed by atoms with van der Waals surface area (Å²) >= 11 is 0. The van der Waals surface area contributed by atoms with Gasteiger partial charge in [-0.1, -0.05) is 58.1 Å². The van der Waals surface area contributed by atoms with Gasteiger partial charge in [0.2, 0.25) is 0 Å². The van der Waals surface area contributed by atoms with Gasteiger partial charge in [-0.15, -0.1) is 0 Å². The molecule has 0 rings (SSSR count). The Hall–Kier alpha value is -0.300. The maximum absolute atomic E-state index is 3.42. The molecule has 0 spiro atoms. The lowest BCUT2D eigenvalue weighted by Gasteiger charge is -2.14. The van der Waals surface area contributed by atoms with E-state index >= 15 is 0 Å². The van der Waals surface area contributed by atoms with E-state index in [2.05, 4.69) is 38.4 Å². The van der Waals surface area contributed by atoms with Crippen molar-refractivity contribution in [3.05, 3.63) is 12.2 Å². The molecule has 0 fully saturated rings. The highest BCUT2D eigenvalue weighted by Gasteiger charge is 2.02. The molecule has 1 unspecified atom stereocenters. The molecular formula is C16H33N. The third-order valence-electron chi connectivity index (χ3n) is 3.39. The minimum Gasteiger partial charge on any atom is -0.317 e. The number of hydrogen-bond acceptors (Lipinski definition) is 1. The molecule has 0 aromatic rings. The third-order valence-corrected chi connectivity index (χ3v) is 3.39. The van der Waals surface area contributed by atoms with Gasteiger partial charge in [-0.25, -0.2) is 0 Å². The van der Waals surface area contributed by atoms with Crippen LogP contribution in [0.1, 0.15) is 78.1 Å². The summed E-state index contributed by atoms with van der Waals surface area (Å²) in [6.45, 7) is 4.53. The predicted molar refractivity (Wildman–Crippen MR) is 79.5 cm³/mol. The Morgan fingerprint density at radius 2 is 1.53 bits per heavy atom. The van der Waals surface area contributed by atoms with E-state index in [1.165, 1.54) is 64.2 Å². The SMILES string of the molecule is CCCCCC/C=C/CCC(CCCC)NC. The van der Waals surface area contributed by atoms with Gasteiger partial charge >= 0.3 is 0 Å². The smallest absolute Gasteiger partial charge is 0.00670 e. The molecule has 0 saturated heterocycles. The summed E-state index contributed by atoms with van der Waals surface area (Å²) in [5.74, 6) is 0. The van der Waals surface area contributed by atoms with Crippen molar-refractivity contribution in [3.63, 3.8) is 0 Å². The highest BCUT2D eigenvalue weighted by Crippen LogP contribution is 2.08. The van der Waals surface area contributed by atoms with Gasteiger partial charge in [0.25, 0.3) is 0 Å². The topological polar surface area (TPSA) is 12.0 Å². The van der Waals surface area contributed by atoms with Crippen LogP contribution in [0.2, 0.25) is 0 Å². The van der Waals surface area contributed by atoms with Crippen LogP contribution >= 0.6 is 0 Å². The molecule has 0 aliphatic heterocycles. The van der Waals surface area contributed by atoms with Crippen molar-refractivity contribution in [2.45, 2.75) is 84.1 Å². The second kappa shape index (κ2) is 13.8. The molecule has 0 amide bonds. The maximum Gasteiger partial charge on any atom is 0.00670 e. The van der Waals surface area contributed by atoms with Crippen LogP contribution < -0.4 is 5.32 Å². The molecule has 0 aliphatic rings. The molecule has 17 heavy (non-hydrogen) atoms. The van der Waals surface area contributed by atoms with Crippen LogP contribution in [0.15, 0.2) is 12.2 Å². The van der Waals surface area contributed by atoms with Crippen LogP contribution in [0.25, 0.3) is 0 Å². The van der Waals surface area contributed by atoms with Gasteiger partial charge in [0, 0.05) is 6.04 Å². The van der Waals surface area contributed by atoms with Gasteiger partial charge in [-0.05, 0) is 39.2 Å². The second-order valence-electron chi connectivity index (χ2n) is 5.03. The summed E-state index contributed by atoms with van der Waals surface area (Å²) in [7, 11) is 2.09. The Balaban J connectivity index is 3.36. The van der Waals surface area contributed by atoms with Gasteiger partial charge in [-0.3, -0.25) is 0 Å². The van der Waals surface area contributed by atoms with Crippen LogP contribution in [0.5, 0.6) is 0 Å². The summed E-state index contributed by atoms with van der Waals surface area (Å²) < 4.78 is 0. The van der Waals surface area contributed by atoms with Crippen molar-refractivity contribution in [1.29, 1.82) is 0 Å².